The number of nitrogens with zero attached hydrogens (tertiary/aromatic N) is 1. The Hall–Kier alpha value is -2.18. The first-order chi connectivity index (χ1) is 11.1. The largest absolute Gasteiger partial charge is 0.445 e. The molecular weight excluding hydrogens is 294 g/mol. The maximum absolute atomic E-state index is 12.4. The lowest BCUT2D eigenvalue weighted by Crippen LogP contribution is -2.44. The molecule has 6 heteroatoms. The Morgan fingerprint density at radius 2 is 2.17 bits per heavy atom. The van der Waals surface area contributed by atoms with Crippen molar-refractivity contribution in [3.05, 3.63) is 36.2 Å². The van der Waals surface area contributed by atoms with Gasteiger partial charge in [0.1, 0.15) is 6.26 Å². The highest BCUT2D eigenvalue weighted by molar-refractivity contribution is 5.95. The van der Waals surface area contributed by atoms with Crippen LogP contribution in [0.25, 0.3) is 11.5 Å². The van der Waals surface area contributed by atoms with E-state index < -0.39 is 6.04 Å². The van der Waals surface area contributed by atoms with Crippen molar-refractivity contribution < 1.29 is 13.9 Å². The maximum Gasteiger partial charge on any atom is 0.241 e. The van der Waals surface area contributed by atoms with Crippen LogP contribution in [0.1, 0.15) is 18.4 Å². The number of ether oxygens (including phenoxy) is 1. The fourth-order valence-corrected chi connectivity index (χ4v) is 2.80. The second-order valence-electron chi connectivity index (χ2n) is 5.83. The Balaban J connectivity index is 1.72. The summed E-state index contributed by atoms with van der Waals surface area (Å²) in [5.74, 6) is 0.534. The number of aromatic nitrogens is 1. The molecule has 0 bridgehead atoms. The molecule has 1 fully saturated rings. The standard InChI is InChI=1S/C17H21N3O3/c1-11-2-3-13(10-14(11)17-19-6-9-23-17)20-16(21)15(18)12-4-7-22-8-5-12/h2-3,6,9-10,12,15H,4-5,7-8,18H2,1H3,(H,20,21). The second kappa shape index (κ2) is 6.93. The average molecular weight is 315 g/mol. The van der Waals surface area contributed by atoms with E-state index in [0.717, 1.165) is 24.0 Å². The number of hydrogen-bond acceptors (Lipinski definition) is 5. The Bertz CT molecular complexity index is 664. The lowest BCUT2D eigenvalue weighted by molar-refractivity contribution is -0.119. The topological polar surface area (TPSA) is 90.4 Å². The Labute approximate surface area is 135 Å². The highest BCUT2D eigenvalue weighted by Gasteiger charge is 2.26. The molecule has 1 aromatic heterocycles. The van der Waals surface area contributed by atoms with Crippen LogP contribution in [0.15, 0.2) is 35.1 Å². The molecule has 2 heterocycles. The van der Waals surface area contributed by atoms with Gasteiger partial charge in [0, 0.05) is 24.5 Å². The van der Waals surface area contributed by atoms with Crippen molar-refractivity contribution in [1.29, 1.82) is 0 Å². The fraction of sp³-hybridized carbons (Fsp3) is 0.412. The lowest BCUT2D eigenvalue weighted by atomic mass is 9.92. The third kappa shape index (κ3) is 3.60. The molecule has 0 aliphatic carbocycles. The van der Waals surface area contributed by atoms with Crippen molar-refractivity contribution in [3.8, 4) is 11.5 Å². The van der Waals surface area contributed by atoms with Gasteiger partial charge in [0.2, 0.25) is 11.8 Å². The van der Waals surface area contributed by atoms with E-state index >= 15 is 0 Å². The summed E-state index contributed by atoms with van der Waals surface area (Å²) in [5, 5.41) is 2.89. The zero-order valence-electron chi connectivity index (χ0n) is 13.1. The lowest BCUT2D eigenvalue weighted by Gasteiger charge is -2.26. The van der Waals surface area contributed by atoms with Crippen LogP contribution < -0.4 is 11.1 Å². The summed E-state index contributed by atoms with van der Waals surface area (Å²) in [6.45, 7) is 3.31. The van der Waals surface area contributed by atoms with E-state index in [1.165, 1.54) is 6.26 Å². The van der Waals surface area contributed by atoms with Crippen LogP contribution in [0.2, 0.25) is 0 Å². The molecule has 23 heavy (non-hydrogen) atoms. The van der Waals surface area contributed by atoms with Gasteiger partial charge in [0.15, 0.2) is 0 Å². The average Bonchev–Trinajstić information content (AvgIpc) is 3.11. The van der Waals surface area contributed by atoms with Gasteiger partial charge in [-0.3, -0.25) is 4.79 Å². The smallest absolute Gasteiger partial charge is 0.241 e. The third-order valence-corrected chi connectivity index (χ3v) is 4.24. The number of benzene rings is 1. The molecule has 1 aliphatic rings. The molecule has 0 saturated carbocycles. The first-order valence-corrected chi connectivity index (χ1v) is 7.80. The number of hydrogen-bond donors (Lipinski definition) is 2. The molecule has 122 valence electrons. The molecule has 1 unspecified atom stereocenters. The van der Waals surface area contributed by atoms with Crippen molar-refractivity contribution >= 4 is 11.6 Å². The molecule has 0 spiro atoms. The quantitative estimate of drug-likeness (QED) is 0.904. The molecule has 1 saturated heterocycles. The highest BCUT2D eigenvalue weighted by Crippen LogP contribution is 2.26. The van der Waals surface area contributed by atoms with Gasteiger partial charge in [-0.15, -0.1) is 0 Å². The van der Waals surface area contributed by atoms with E-state index in [1.807, 2.05) is 25.1 Å². The number of carbonyl (C=O) groups excluding carboxylic acids is 1. The van der Waals surface area contributed by atoms with Gasteiger partial charge in [-0.2, -0.15) is 0 Å². The molecular formula is C17H21N3O3. The third-order valence-electron chi connectivity index (χ3n) is 4.24. The van der Waals surface area contributed by atoms with Gasteiger partial charge in [-0.25, -0.2) is 4.98 Å². The second-order valence-corrected chi connectivity index (χ2v) is 5.83. The molecule has 2 aromatic rings. The Morgan fingerprint density at radius 1 is 1.39 bits per heavy atom. The van der Waals surface area contributed by atoms with E-state index in [9.17, 15) is 4.79 Å². The molecule has 1 aromatic carbocycles. The van der Waals surface area contributed by atoms with E-state index in [-0.39, 0.29) is 11.8 Å². The summed E-state index contributed by atoms with van der Waals surface area (Å²) < 4.78 is 10.7. The van der Waals surface area contributed by atoms with Crippen LogP contribution in [0.4, 0.5) is 5.69 Å². The number of nitrogens with two attached hydrogens (primary N) is 1. The van der Waals surface area contributed by atoms with Crippen molar-refractivity contribution in [3.63, 3.8) is 0 Å². The summed E-state index contributed by atoms with van der Waals surface area (Å²) >= 11 is 0. The monoisotopic (exact) mass is 315 g/mol. The van der Waals surface area contributed by atoms with E-state index in [4.69, 9.17) is 14.9 Å². The van der Waals surface area contributed by atoms with E-state index in [1.54, 1.807) is 6.20 Å². The zero-order chi connectivity index (χ0) is 16.2. The molecule has 3 N–H and O–H groups in total. The minimum Gasteiger partial charge on any atom is -0.445 e. The van der Waals surface area contributed by atoms with Crippen LogP contribution in [0.5, 0.6) is 0 Å². The first kappa shape index (κ1) is 15.7. The Morgan fingerprint density at radius 3 is 2.87 bits per heavy atom. The maximum atomic E-state index is 12.4. The molecule has 1 amide bonds. The number of amides is 1. The minimum absolute atomic E-state index is 0.167. The Kier molecular flexibility index (Phi) is 4.73. The van der Waals surface area contributed by atoms with Gasteiger partial charge >= 0.3 is 0 Å². The minimum atomic E-state index is -0.523. The predicted octanol–water partition coefficient (Wildman–Crippen LogP) is 2.34. The summed E-state index contributed by atoms with van der Waals surface area (Å²) in [6.07, 6.45) is 4.77. The van der Waals surface area contributed by atoms with Gasteiger partial charge in [-0.05, 0) is 43.4 Å². The summed E-state index contributed by atoms with van der Waals surface area (Å²) in [6, 6.07) is 5.12. The molecule has 6 nitrogen and oxygen atoms in total. The van der Waals surface area contributed by atoms with Crippen molar-refractivity contribution in [1.82, 2.24) is 4.98 Å². The number of anilines is 1. The summed E-state index contributed by atoms with van der Waals surface area (Å²) in [7, 11) is 0. The summed E-state index contributed by atoms with van der Waals surface area (Å²) in [4.78, 5) is 16.5. The molecule has 1 aliphatic heterocycles. The van der Waals surface area contributed by atoms with Crippen molar-refractivity contribution in [2.45, 2.75) is 25.8 Å². The normalized spacial score (nSPS) is 17.0. The van der Waals surface area contributed by atoms with Crippen LogP contribution in [0, 0.1) is 12.8 Å². The number of aryl methyl sites for hydroxylation is 1. The number of nitrogens with one attached hydrogen (secondary N) is 1. The summed E-state index contributed by atoms with van der Waals surface area (Å²) in [5.41, 5.74) is 8.68. The number of carbonyl (C=O) groups is 1. The van der Waals surface area contributed by atoms with Gasteiger partial charge in [0.25, 0.3) is 0 Å². The zero-order valence-corrected chi connectivity index (χ0v) is 13.1. The van der Waals surface area contributed by atoms with E-state index in [2.05, 4.69) is 10.3 Å². The van der Waals surface area contributed by atoms with Gasteiger partial charge in [-0.1, -0.05) is 6.07 Å². The molecule has 0 radical (unpaired) electrons. The van der Waals surface area contributed by atoms with Crippen molar-refractivity contribution in [2.75, 3.05) is 18.5 Å². The number of rotatable bonds is 4. The molecule has 1 atom stereocenters. The highest BCUT2D eigenvalue weighted by atomic mass is 16.5. The SMILES string of the molecule is Cc1ccc(NC(=O)C(N)C2CCOCC2)cc1-c1ncco1. The first-order valence-electron chi connectivity index (χ1n) is 7.80. The van der Waals surface area contributed by atoms with Crippen LogP contribution in [-0.2, 0) is 9.53 Å². The van der Waals surface area contributed by atoms with Crippen LogP contribution >= 0.6 is 0 Å². The van der Waals surface area contributed by atoms with E-state index in [0.29, 0.717) is 24.8 Å². The van der Waals surface area contributed by atoms with Gasteiger partial charge in [0.05, 0.1) is 12.2 Å². The predicted molar refractivity (Wildman–Crippen MR) is 86.8 cm³/mol. The van der Waals surface area contributed by atoms with Crippen molar-refractivity contribution in [2.24, 2.45) is 11.7 Å². The van der Waals surface area contributed by atoms with Gasteiger partial charge < -0.3 is 20.2 Å². The van der Waals surface area contributed by atoms with Crippen LogP contribution in [0.3, 0.4) is 0 Å². The molecule has 3 rings (SSSR count). The fourth-order valence-electron chi connectivity index (χ4n) is 2.80. The van der Waals surface area contributed by atoms with Crippen LogP contribution in [-0.4, -0.2) is 30.1 Å². The number of oxazole rings is 1.